The first-order valence-corrected chi connectivity index (χ1v) is 6.99. The second kappa shape index (κ2) is 8.60. The Morgan fingerprint density at radius 1 is 1.50 bits per heavy atom. The summed E-state index contributed by atoms with van der Waals surface area (Å²) >= 11 is 0. The largest absolute Gasteiger partial charge is 0.492 e. The lowest BCUT2D eigenvalue weighted by atomic mass is 10.2. The van der Waals surface area contributed by atoms with E-state index in [1.165, 1.54) is 0 Å². The van der Waals surface area contributed by atoms with Gasteiger partial charge in [0.05, 0.1) is 19.8 Å². The van der Waals surface area contributed by atoms with Crippen molar-refractivity contribution in [1.29, 1.82) is 0 Å². The van der Waals surface area contributed by atoms with Crippen molar-refractivity contribution in [2.24, 2.45) is 10.8 Å². The molecule has 0 unspecified atom stereocenters. The number of hydrogen-bond donors (Lipinski definition) is 2. The van der Waals surface area contributed by atoms with Crippen LogP contribution in [0.1, 0.15) is 20.8 Å². The van der Waals surface area contributed by atoms with Gasteiger partial charge < -0.3 is 19.8 Å². The third-order valence-corrected chi connectivity index (χ3v) is 2.77. The van der Waals surface area contributed by atoms with Crippen molar-refractivity contribution in [2.75, 3.05) is 32.9 Å². The molecule has 1 aliphatic rings. The summed E-state index contributed by atoms with van der Waals surface area (Å²) in [6, 6.07) is 0.155. The third-order valence-electron chi connectivity index (χ3n) is 2.77. The Morgan fingerprint density at radius 2 is 2.15 bits per heavy atom. The molecule has 0 aromatic carbocycles. The highest BCUT2D eigenvalue weighted by Crippen LogP contribution is 2.09. The van der Waals surface area contributed by atoms with E-state index in [-0.39, 0.29) is 6.04 Å². The highest BCUT2D eigenvalue weighted by Gasteiger charge is 2.15. The zero-order chi connectivity index (χ0) is 15.0. The van der Waals surface area contributed by atoms with Gasteiger partial charge in [-0.25, -0.2) is 5.84 Å². The van der Waals surface area contributed by atoms with Crippen LogP contribution >= 0.6 is 0 Å². The summed E-state index contributed by atoms with van der Waals surface area (Å²) < 4.78 is 10.8. The molecule has 1 saturated heterocycles. The number of rotatable bonds is 7. The van der Waals surface area contributed by atoms with Gasteiger partial charge in [-0.05, 0) is 20.8 Å². The Balaban J connectivity index is 2.92. The van der Waals surface area contributed by atoms with E-state index in [2.05, 4.69) is 21.9 Å². The second-order valence-electron chi connectivity index (χ2n) is 4.74. The summed E-state index contributed by atoms with van der Waals surface area (Å²) in [6.07, 6.45) is 1.88. The minimum atomic E-state index is 0.155. The molecule has 0 aromatic rings. The zero-order valence-corrected chi connectivity index (χ0v) is 12.7. The van der Waals surface area contributed by atoms with Crippen LogP contribution in [0, 0.1) is 0 Å². The predicted octanol–water partition coefficient (Wildman–Crippen LogP) is 1.02. The number of ether oxygens (including phenoxy) is 2. The van der Waals surface area contributed by atoms with Gasteiger partial charge in [-0.3, -0.25) is 4.99 Å². The van der Waals surface area contributed by atoms with Gasteiger partial charge in [0.25, 0.3) is 0 Å². The van der Waals surface area contributed by atoms with Crippen LogP contribution < -0.4 is 11.3 Å². The molecule has 114 valence electrons. The van der Waals surface area contributed by atoms with Crippen LogP contribution in [0.5, 0.6) is 0 Å². The first-order valence-electron chi connectivity index (χ1n) is 6.99. The van der Waals surface area contributed by atoms with Gasteiger partial charge in [0, 0.05) is 25.2 Å². The second-order valence-corrected chi connectivity index (χ2v) is 4.74. The molecular formula is C14H26N4O2. The van der Waals surface area contributed by atoms with Crippen LogP contribution in [0.2, 0.25) is 0 Å². The summed E-state index contributed by atoms with van der Waals surface area (Å²) in [5, 5.41) is 0. The molecule has 1 rings (SSSR count). The van der Waals surface area contributed by atoms with Gasteiger partial charge in [-0.2, -0.15) is 0 Å². The summed E-state index contributed by atoms with van der Waals surface area (Å²) in [6.45, 7) is 13.4. The smallest absolute Gasteiger partial charge is 0.137 e. The molecule has 1 aliphatic heterocycles. The van der Waals surface area contributed by atoms with Crippen LogP contribution in [0.15, 0.2) is 29.2 Å². The molecule has 6 nitrogen and oxygen atoms in total. The van der Waals surface area contributed by atoms with Crippen LogP contribution in [-0.2, 0) is 9.47 Å². The summed E-state index contributed by atoms with van der Waals surface area (Å²) in [4.78, 5) is 6.66. The van der Waals surface area contributed by atoms with Crippen molar-refractivity contribution in [2.45, 2.75) is 26.8 Å². The molecular weight excluding hydrogens is 256 g/mol. The van der Waals surface area contributed by atoms with E-state index in [0.29, 0.717) is 31.3 Å². The number of hydrazine groups is 1. The van der Waals surface area contributed by atoms with Gasteiger partial charge in [0.1, 0.15) is 17.3 Å². The maximum atomic E-state index is 5.63. The first kappa shape index (κ1) is 16.5. The fraction of sp³-hybridized carbons (Fsp3) is 0.643. The van der Waals surface area contributed by atoms with Gasteiger partial charge in [-0.1, -0.05) is 6.58 Å². The quantitative estimate of drug-likeness (QED) is 0.316. The van der Waals surface area contributed by atoms with Crippen LogP contribution in [0.25, 0.3) is 0 Å². The molecule has 0 radical (unpaired) electrons. The van der Waals surface area contributed by atoms with Crippen LogP contribution in [0.3, 0.4) is 0 Å². The number of hydrogen-bond acceptors (Lipinski definition) is 6. The lowest BCUT2D eigenvalue weighted by Gasteiger charge is -2.30. The molecule has 1 fully saturated rings. The fourth-order valence-corrected chi connectivity index (χ4v) is 1.87. The average Bonchev–Trinajstić information content (AvgIpc) is 2.44. The highest BCUT2D eigenvalue weighted by atomic mass is 16.5. The molecule has 20 heavy (non-hydrogen) atoms. The topological polar surface area (TPSA) is 72.1 Å². The van der Waals surface area contributed by atoms with E-state index in [4.69, 9.17) is 15.3 Å². The van der Waals surface area contributed by atoms with Crippen molar-refractivity contribution in [1.82, 2.24) is 10.3 Å². The Bertz CT molecular complexity index is 371. The molecule has 0 spiro atoms. The SMILES string of the molecule is C=C(OCC)C(/C=C(\NN)N1CCOCC1)=N/C(C)C. The summed E-state index contributed by atoms with van der Waals surface area (Å²) in [5.41, 5.74) is 3.44. The highest BCUT2D eigenvalue weighted by molar-refractivity contribution is 6.06. The zero-order valence-electron chi connectivity index (χ0n) is 12.7. The third kappa shape index (κ3) is 5.22. The molecule has 0 atom stereocenters. The monoisotopic (exact) mass is 282 g/mol. The average molecular weight is 282 g/mol. The number of morpholine rings is 1. The van der Waals surface area contributed by atoms with Gasteiger partial charge in [0.15, 0.2) is 0 Å². The van der Waals surface area contributed by atoms with Gasteiger partial charge in [-0.15, -0.1) is 0 Å². The van der Waals surface area contributed by atoms with Gasteiger partial charge in [0.2, 0.25) is 0 Å². The maximum Gasteiger partial charge on any atom is 0.137 e. The molecule has 6 heteroatoms. The lowest BCUT2D eigenvalue weighted by molar-refractivity contribution is 0.0504. The van der Waals surface area contributed by atoms with E-state index in [9.17, 15) is 0 Å². The van der Waals surface area contributed by atoms with Crippen molar-refractivity contribution in [3.63, 3.8) is 0 Å². The Hall–Kier alpha value is -1.53. The van der Waals surface area contributed by atoms with E-state index < -0.39 is 0 Å². The molecule has 3 N–H and O–H groups in total. The molecule has 1 heterocycles. The molecule has 0 amide bonds. The number of allylic oxidation sites excluding steroid dienone is 1. The summed E-state index contributed by atoms with van der Waals surface area (Å²) in [7, 11) is 0. The Morgan fingerprint density at radius 3 is 2.65 bits per heavy atom. The van der Waals surface area contributed by atoms with Crippen molar-refractivity contribution in [3.8, 4) is 0 Å². The number of nitrogens with zero attached hydrogens (tertiary/aromatic N) is 2. The van der Waals surface area contributed by atoms with Crippen molar-refractivity contribution < 1.29 is 9.47 Å². The van der Waals surface area contributed by atoms with Gasteiger partial charge >= 0.3 is 0 Å². The minimum Gasteiger partial charge on any atom is -0.492 e. The number of aliphatic imine (C=N–C) groups is 1. The first-order chi connectivity index (χ1) is 9.58. The number of nitrogens with two attached hydrogens (primary N) is 1. The fourth-order valence-electron chi connectivity index (χ4n) is 1.87. The normalized spacial score (nSPS) is 17.4. The maximum absolute atomic E-state index is 5.63. The van der Waals surface area contributed by atoms with Crippen LogP contribution in [0.4, 0.5) is 0 Å². The van der Waals surface area contributed by atoms with E-state index in [0.717, 1.165) is 18.9 Å². The minimum absolute atomic E-state index is 0.155. The van der Waals surface area contributed by atoms with E-state index in [1.807, 2.05) is 26.8 Å². The van der Waals surface area contributed by atoms with Crippen molar-refractivity contribution in [3.05, 3.63) is 24.2 Å². The molecule has 0 aromatic heterocycles. The Kier molecular flexibility index (Phi) is 7.11. The van der Waals surface area contributed by atoms with E-state index >= 15 is 0 Å². The van der Waals surface area contributed by atoms with Crippen LogP contribution in [-0.4, -0.2) is 49.6 Å². The van der Waals surface area contributed by atoms with Crippen molar-refractivity contribution >= 4 is 5.71 Å². The number of nitrogens with one attached hydrogen (secondary N) is 1. The molecule has 0 aliphatic carbocycles. The lowest BCUT2D eigenvalue weighted by Crippen LogP contribution is -2.42. The molecule has 0 saturated carbocycles. The van der Waals surface area contributed by atoms with E-state index in [1.54, 1.807) is 0 Å². The predicted molar refractivity (Wildman–Crippen MR) is 81.1 cm³/mol. The standard InChI is InChI=1S/C14H26N4O2/c1-5-20-12(4)13(16-11(2)3)10-14(17-15)18-6-8-19-9-7-18/h10-11,17H,4-9,15H2,1-3H3/b14-10+,16-13+. The summed E-state index contributed by atoms with van der Waals surface area (Å²) in [5.74, 6) is 6.99. The Labute approximate surface area is 121 Å². The molecule has 0 bridgehead atoms.